The molecule has 2 rings (SSSR count). The molecule has 1 aliphatic heterocycles. The lowest BCUT2D eigenvalue weighted by atomic mass is 10.2. The number of aliphatic imine (C=N–C) groups is 1. The van der Waals surface area contributed by atoms with Crippen molar-refractivity contribution in [2.45, 2.75) is 19.3 Å². The molecule has 1 N–H and O–H groups in total. The zero-order valence-corrected chi connectivity index (χ0v) is 17.4. The van der Waals surface area contributed by atoms with Crippen molar-refractivity contribution in [3.8, 4) is 0 Å². The first-order valence-corrected chi connectivity index (χ1v) is 8.53. The van der Waals surface area contributed by atoms with Crippen molar-refractivity contribution in [1.29, 1.82) is 0 Å². The third kappa shape index (κ3) is 6.85. The summed E-state index contributed by atoms with van der Waals surface area (Å²) in [6.07, 6.45) is 4.86. The fourth-order valence-electron chi connectivity index (χ4n) is 2.76. The minimum absolute atomic E-state index is 0. The molecule has 0 radical (unpaired) electrons. The number of methoxy groups -OCH3 is 1. The number of ether oxygens (including phenoxy) is 1. The van der Waals surface area contributed by atoms with Crippen LogP contribution in [0.3, 0.4) is 0 Å². The van der Waals surface area contributed by atoms with Crippen LogP contribution in [0.25, 0.3) is 0 Å². The summed E-state index contributed by atoms with van der Waals surface area (Å²) in [5, 5.41) is 3.40. The Hall–Kier alpha value is -1.29. The highest BCUT2D eigenvalue weighted by molar-refractivity contribution is 14.0. The number of rotatable bonds is 7. The molecule has 0 saturated carbocycles. The van der Waals surface area contributed by atoms with E-state index in [1.165, 1.54) is 6.26 Å². The van der Waals surface area contributed by atoms with Gasteiger partial charge in [0.25, 0.3) is 5.91 Å². The SMILES string of the molecule is CN=C(NCCCCCOC)N1CCN(C(=O)c2ccco2)CC1.I. The maximum atomic E-state index is 12.3. The minimum atomic E-state index is -0.0410. The molecule has 1 saturated heterocycles. The van der Waals surface area contributed by atoms with Crippen LogP contribution in [0.5, 0.6) is 0 Å². The van der Waals surface area contributed by atoms with Gasteiger partial charge in [0.15, 0.2) is 11.7 Å². The molecule has 0 atom stereocenters. The summed E-state index contributed by atoms with van der Waals surface area (Å²) in [6.45, 7) is 4.62. The maximum absolute atomic E-state index is 12.3. The normalized spacial score (nSPS) is 15.0. The number of piperazine rings is 1. The van der Waals surface area contributed by atoms with Crippen LogP contribution >= 0.6 is 24.0 Å². The third-order valence-electron chi connectivity index (χ3n) is 4.12. The second-order valence-electron chi connectivity index (χ2n) is 5.78. The summed E-state index contributed by atoms with van der Waals surface area (Å²) in [7, 11) is 3.53. The fourth-order valence-corrected chi connectivity index (χ4v) is 2.76. The molecule has 142 valence electrons. The Balaban J connectivity index is 0.00000312. The van der Waals surface area contributed by atoms with Crippen molar-refractivity contribution in [3.05, 3.63) is 24.2 Å². The summed E-state index contributed by atoms with van der Waals surface area (Å²) in [6, 6.07) is 3.45. The zero-order valence-electron chi connectivity index (χ0n) is 15.1. The van der Waals surface area contributed by atoms with Gasteiger partial charge < -0.3 is 24.3 Å². The van der Waals surface area contributed by atoms with E-state index in [0.717, 1.165) is 51.5 Å². The molecular weight excluding hydrogens is 435 g/mol. The van der Waals surface area contributed by atoms with Crippen LogP contribution in [-0.2, 0) is 4.74 Å². The Bertz CT molecular complexity index is 514. The molecule has 0 aromatic carbocycles. The van der Waals surface area contributed by atoms with Crippen LogP contribution in [0.2, 0.25) is 0 Å². The van der Waals surface area contributed by atoms with Gasteiger partial charge in [-0.3, -0.25) is 9.79 Å². The monoisotopic (exact) mass is 464 g/mol. The van der Waals surface area contributed by atoms with Gasteiger partial charge in [-0.25, -0.2) is 0 Å². The molecular formula is C17H29IN4O3. The number of halogens is 1. The van der Waals surface area contributed by atoms with Gasteiger partial charge in [-0.2, -0.15) is 0 Å². The van der Waals surface area contributed by atoms with Gasteiger partial charge in [-0.15, -0.1) is 24.0 Å². The second kappa shape index (κ2) is 12.1. The van der Waals surface area contributed by atoms with E-state index in [0.29, 0.717) is 18.8 Å². The van der Waals surface area contributed by atoms with E-state index in [-0.39, 0.29) is 29.9 Å². The quantitative estimate of drug-likeness (QED) is 0.290. The number of carbonyl (C=O) groups is 1. The topological polar surface area (TPSA) is 70.3 Å². The molecule has 8 heteroatoms. The lowest BCUT2D eigenvalue weighted by Gasteiger charge is -2.36. The molecule has 1 aromatic rings. The average molecular weight is 464 g/mol. The number of amides is 1. The smallest absolute Gasteiger partial charge is 0.289 e. The Morgan fingerprint density at radius 3 is 2.56 bits per heavy atom. The predicted octanol–water partition coefficient (Wildman–Crippen LogP) is 2.05. The van der Waals surface area contributed by atoms with E-state index >= 15 is 0 Å². The van der Waals surface area contributed by atoms with E-state index in [1.54, 1.807) is 26.3 Å². The Labute approximate surface area is 166 Å². The van der Waals surface area contributed by atoms with E-state index < -0.39 is 0 Å². The van der Waals surface area contributed by atoms with Gasteiger partial charge in [0, 0.05) is 53.5 Å². The standard InChI is InChI=1S/C17H28N4O3.HI/c1-18-17(19-8-4-3-5-13-23-2)21-11-9-20(10-12-21)16(22)15-7-6-14-24-15;/h6-7,14H,3-5,8-13H2,1-2H3,(H,18,19);1H. The number of guanidine groups is 1. The molecule has 0 bridgehead atoms. The average Bonchev–Trinajstić information content (AvgIpc) is 3.15. The fraction of sp³-hybridized carbons (Fsp3) is 0.647. The molecule has 7 nitrogen and oxygen atoms in total. The van der Waals surface area contributed by atoms with E-state index in [2.05, 4.69) is 15.2 Å². The number of unbranched alkanes of at least 4 members (excludes halogenated alkanes) is 2. The largest absolute Gasteiger partial charge is 0.459 e. The van der Waals surface area contributed by atoms with Crippen LogP contribution in [0.4, 0.5) is 0 Å². The molecule has 2 heterocycles. The van der Waals surface area contributed by atoms with Crippen molar-refractivity contribution in [3.63, 3.8) is 0 Å². The number of nitrogens with zero attached hydrogens (tertiary/aromatic N) is 3. The first kappa shape index (κ1) is 21.8. The number of nitrogens with one attached hydrogen (secondary N) is 1. The van der Waals surface area contributed by atoms with Crippen LogP contribution in [0.1, 0.15) is 29.8 Å². The molecule has 0 unspecified atom stereocenters. The maximum Gasteiger partial charge on any atom is 0.289 e. The molecule has 1 aromatic heterocycles. The third-order valence-corrected chi connectivity index (χ3v) is 4.12. The molecule has 1 fully saturated rings. The van der Waals surface area contributed by atoms with Gasteiger partial charge in [-0.1, -0.05) is 0 Å². The van der Waals surface area contributed by atoms with Crippen LogP contribution in [-0.4, -0.2) is 75.2 Å². The lowest BCUT2D eigenvalue weighted by Crippen LogP contribution is -2.53. The number of hydrogen-bond acceptors (Lipinski definition) is 4. The summed E-state index contributed by atoms with van der Waals surface area (Å²) >= 11 is 0. The number of carbonyl (C=O) groups excluding carboxylic acids is 1. The molecule has 1 amide bonds. The molecule has 1 aliphatic rings. The summed E-state index contributed by atoms with van der Waals surface area (Å²) < 4.78 is 10.2. The highest BCUT2D eigenvalue weighted by atomic mass is 127. The predicted molar refractivity (Wildman–Crippen MR) is 109 cm³/mol. The van der Waals surface area contributed by atoms with Gasteiger partial charge in [0.05, 0.1) is 6.26 Å². The van der Waals surface area contributed by atoms with Gasteiger partial charge in [-0.05, 0) is 31.4 Å². The number of hydrogen-bond donors (Lipinski definition) is 1. The summed E-state index contributed by atoms with van der Waals surface area (Å²) in [5.74, 6) is 1.27. The molecule has 0 spiro atoms. The van der Waals surface area contributed by atoms with Crippen LogP contribution < -0.4 is 5.32 Å². The second-order valence-corrected chi connectivity index (χ2v) is 5.78. The number of furan rings is 1. The highest BCUT2D eigenvalue weighted by Gasteiger charge is 2.24. The zero-order chi connectivity index (χ0) is 17.2. The van der Waals surface area contributed by atoms with E-state index in [9.17, 15) is 4.79 Å². The van der Waals surface area contributed by atoms with Crippen molar-refractivity contribution < 1.29 is 13.9 Å². The Morgan fingerprint density at radius 2 is 1.96 bits per heavy atom. The Morgan fingerprint density at radius 1 is 1.24 bits per heavy atom. The lowest BCUT2D eigenvalue weighted by molar-refractivity contribution is 0.0657. The molecule has 25 heavy (non-hydrogen) atoms. The van der Waals surface area contributed by atoms with Crippen molar-refractivity contribution in [1.82, 2.24) is 15.1 Å². The minimum Gasteiger partial charge on any atom is -0.459 e. The van der Waals surface area contributed by atoms with E-state index in [1.807, 2.05) is 4.90 Å². The van der Waals surface area contributed by atoms with Crippen LogP contribution in [0, 0.1) is 0 Å². The summed E-state index contributed by atoms with van der Waals surface area (Å²) in [4.78, 5) is 20.6. The Kier molecular flexibility index (Phi) is 10.6. The van der Waals surface area contributed by atoms with Crippen molar-refractivity contribution in [2.24, 2.45) is 4.99 Å². The first-order valence-electron chi connectivity index (χ1n) is 8.53. The van der Waals surface area contributed by atoms with Crippen molar-refractivity contribution in [2.75, 3.05) is 53.5 Å². The van der Waals surface area contributed by atoms with Gasteiger partial charge >= 0.3 is 0 Å². The van der Waals surface area contributed by atoms with E-state index in [4.69, 9.17) is 9.15 Å². The van der Waals surface area contributed by atoms with Gasteiger partial charge in [0.2, 0.25) is 0 Å². The van der Waals surface area contributed by atoms with Crippen LogP contribution in [0.15, 0.2) is 27.8 Å². The molecule has 0 aliphatic carbocycles. The first-order chi connectivity index (χ1) is 11.8. The summed E-state index contributed by atoms with van der Waals surface area (Å²) in [5.41, 5.74) is 0. The van der Waals surface area contributed by atoms with Gasteiger partial charge in [0.1, 0.15) is 0 Å². The highest BCUT2D eigenvalue weighted by Crippen LogP contribution is 2.09. The van der Waals surface area contributed by atoms with Crippen molar-refractivity contribution >= 4 is 35.8 Å².